The summed E-state index contributed by atoms with van der Waals surface area (Å²) < 4.78 is 0.551. The summed E-state index contributed by atoms with van der Waals surface area (Å²) in [6, 6.07) is 0. The molecule has 0 amide bonds. The minimum Gasteiger partial charge on any atom is -0.394 e. The molecule has 6 heteroatoms. The van der Waals surface area contributed by atoms with Gasteiger partial charge in [0.25, 0.3) is 0 Å². The maximum absolute atomic E-state index is 8.72. The van der Waals surface area contributed by atoms with Crippen molar-refractivity contribution in [2.75, 3.05) is 13.2 Å². The second-order valence-electron chi connectivity index (χ2n) is 1.61. The number of rotatable bonds is 2. The van der Waals surface area contributed by atoms with Crippen LogP contribution in [0.2, 0.25) is 0 Å². The van der Waals surface area contributed by atoms with Crippen LogP contribution in [0.3, 0.4) is 0 Å². The molecular formula is C4H8O2S4. The fourth-order valence-electron chi connectivity index (χ4n) is 0.402. The largest absolute Gasteiger partial charge is 0.394 e. The average molecular weight is 216 g/mol. The Bertz CT molecular complexity index is 81.3. The molecule has 2 nitrogen and oxygen atoms in total. The van der Waals surface area contributed by atoms with Crippen molar-refractivity contribution in [3.05, 3.63) is 0 Å². The van der Waals surface area contributed by atoms with Crippen molar-refractivity contribution in [2.24, 2.45) is 0 Å². The van der Waals surface area contributed by atoms with Gasteiger partial charge in [-0.15, -0.1) is 0 Å². The molecule has 10 heavy (non-hydrogen) atoms. The third-order valence-corrected chi connectivity index (χ3v) is 8.59. The Morgan fingerprint density at radius 2 is 1.10 bits per heavy atom. The molecule has 1 aliphatic heterocycles. The van der Waals surface area contributed by atoms with E-state index in [1.165, 1.54) is 0 Å². The Kier molecular flexibility index (Phi) is 4.75. The quantitative estimate of drug-likeness (QED) is 0.680. The smallest absolute Gasteiger partial charge is 0.0940 e. The summed E-state index contributed by atoms with van der Waals surface area (Å²) in [6.07, 6.45) is 0. The van der Waals surface area contributed by atoms with Crippen LogP contribution in [0.4, 0.5) is 0 Å². The van der Waals surface area contributed by atoms with E-state index in [-0.39, 0.29) is 22.4 Å². The van der Waals surface area contributed by atoms with E-state index in [1.54, 1.807) is 43.2 Å². The van der Waals surface area contributed by atoms with Crippen LogP contribution in [-0.2, 0) is 0 Å². The van der Waals surface area contributed by atoms with Crippen molar-refractivity contribution in [2.45, 2.75) is 9.16 Å². The van der Waals surface area contributed by atoms with Gasteiger partial charge in [0.2, 0.25) is 0 Å². The minimum absolute atomic E-state index is 0.216. The van der Waals surface area contributed by atoms with Crippen molar-refractivity contribution in [1.82, 2.24) is 0 Å². The molecule has 0 aromatic carbocycles. The zero-order valence-corrected chi connectivity index (χ0v) is 8.36. The summed E-state index contributed by atoms with van der Waals surface area (Å²) in [7, 11) is 6.58. The maximum atomic E-state index is 8.72. The van der Waals surface area contributed by atoms with Crippen LogP contribution in [0, 0.1) is 0 Å². The van der Waals surface area contributed by atoms with E-state index in [2.05, 4.69) is 0 Å². The van der Waals surface area contributed by atoms with E-state index in [4.69, 9.17) is 10.2 Å². The first-order valence-electron chi connectivity index (χ1n) is 2.73. The van der Waals surface area contributed by atoms with Crippen LogP contribution < -0.4 is 0 Å². The Morgan fingerprint density at radius 3 is 1.30 bits per heavy atom. The second-order valence-corrected chi connectivity index (χ2v) is 7.56. The van der Waals surface area contributed by atoms with E-state index >= 15 is 0 Å². The summed E-state index contributed by atoms with van der Waals surface area (Å²) >= 11 is 0. The summed E-state index contributed by atoms with van der Waals surface area (Å²) in [4.78, 5) is 0. The Morgan fingerprint density at radius 1 is 0.800 bits per heavy atom. The third kappa shape index (κ3) is 2.75. The van der Waals surface area contributed by atoms with Crippen molar-refractivity contribution >= 4 is 43.2 Å². The summed E-state index contributed by atoms with van der Waals surface area (Å²) in [5.41, 5.74) is 0. The van der Waals surface area contributed by atoms with Gasteiger partial charge in [-0.3, -0.25) is 0 Å². The molecule has 1 fully saturated rings. The van der Waals surface area contributed by atoms with E-state index in [0.717, 1.165) is 0 Å². The van der Waals surface area contributed by atoms with Gasteiger partial charge in [0.1, 0.15) is 0 Å². The molecule has 0 spiro atoms. The molecule has 1 aliphatic rings. The molecule has 0 bridgehead atoms. The number of hydrogen-bond acceptors (Lipinski definition) is 6. The summed E-state index contributed by atoms with van der Waals surface area (Å²) in [6.45, 7) is 0.432. The lowest BCUT2D eigenvalue weighted by atomic mass is 10.9. The van der Waals surface area contributed by atoms with Crippen LogP contribution in [0.15, 0.2) is 0 Å². The zero-order valence-electron chi connectivity index (χ0n) is 5.10. The van der Waals surface area contributed by atoms with Gasteiger partial charge < -0.3 is 10.2 Å². The standard InChI is InChI=1S/C4H8O2S4/c5-1-3-7-9-4(2-6)10-8-3/h3-6H,1-2H2. The average Bonchev–Trinajstić information content (AvgIpc) is 2.05. The zero-order chi connectivity index (χ0) is 7.40. The predicted octanol–water partition coefficient (Wildman–Crippen LogP) is 1.40. The fraction of sp³-hybridized carbons (Fsp3) is 1.00. The van der Waals surface area contributed by atoms with Crippen LogP contribution in [0.5, 0.6) is 0 Å². The molecule has 0 unspecified atom stereocenters. The van der Waals surface area contributed by atoms with Gasteiger partial charge >= 0.3 is 0 Å². The summed E-state index contributed by atoms with van der Waals surface area (Å²) in [5.74, 6) is 0. The first-order chi connectivity index (χ1) is 4.86. The topological polar surface area (TPSA) is 40.5 Å². The maximum Gasteiger partial charge on any atom is 0.0940 e. The Hall–Kier alpha value is 1.32. The molecule has 1 saturated heterocycles. The number of aliphatic hydroxyl groups is 2. The van der Waals surface area contributed by atoms with Gasteiger partial charge in [0.05, 0.1) is 22.4 Å². The first kappa shape index (κ1) is 9.41. The lowest BCUT2D eigenvalue weighted by Crippen LogP contribution is -2.10. The molecule has 60 valence electrons. The van der Waals surface area contributed by atoms with Crippen molar-refractivity contribution in [1.29, 1.82) is 0 Å². The molecule has 2 N–H and O–H groups in total. The lowest BCUT2D eigenvalue weighted by molar-refractivity contribution is 0.314. The van der Waals surface area contributed by atoms with Crippen LogP contribution >= 0.6 is 43.2 Å². The highest BCUT2D eigenvalue weighted by atomic mass is 33.2. The van der Waals surface area contributed by atoms with E-state index in [0.29, 0.717) is 0 Å². The number of hydrogen-bond donors (Lipinski definition) is 2. The highest BCUT2D eigenvalue weighted by molar-refractivity contribution is 8.93. The van der Waals surface area contributed by atoms with E-state index < -0.39 is 0 Å². The third-order valence-electron chi connectivity index (χ3n) is 0.839. The van der Waals surface area contributed by atoms with Gasteiger partial charge in [-0.1, -0.05) is 43.2 Å². The van der Waals surface area contributed by atoms with E-state index in [9.17, 15) is 0 Å². The van der Waals surface area contributed by atoms with E-state index in [1.807, 2.05) is 0 Å². The highest BCUT2D eigenvalue weighted by Gasteiger charge is 2.22. The lowest BCUT2D eigenvalue weighted by Gasteiger charge is -2.22. The predicted molar refractivity (Wildman–Crippen MR) is 52.1 cm³/mol. The highest BCUT2D eigenvalue weighted by Crippen LogP contribution is 2.52. The first-order valence-corrected chi connectivity index (χ1v) is 7.28. The van der Waals surface area contributed by atoms with Gasteiger partial charge in [-0.05, 0) is 0 Å². The minimum atomic E-state index is 0.216. The Labute approximate surface area is 75.7 Å². The van der Waals surface area contributed by atoms with Crippen LogP contribution in [0.25, 0.3) is 0 Å². The van der Waals surface area contributed by atoms with Gasteiger partial charge in [-0.2, -0.15) is 0 Å². The van der Waals surface area contributed by atoms with Gasteiger partial charge in [0.15, 0.2) is 0 Å². The number of aliphatic hydroxyl groups excluding tert-OH is 2. The molecule has 1 heterocycles. The van der Waals surface area contributed by atoms with Crippen molar-refractivity contribution in [3.63, 3.8) is 0 Å². The molecule has 1 rings (SSSR count). The fourth-order valence-corrected chi connectivity index (χ4v) is 7.56. The molecular weight excluding hydrogens is 208 g/mol. The Balaban J connectivity index is 2.17. The SMILES string of the molecule is OCC1SSC(CO)SS1. The monoisotopic (exact) mass is 216 g/mol. The molecule has 0 atom stereocenters. The second kappa shape index (κ2) is 5.05. The van der Waals surface area contributed by atoms with Crippen LogP contribution in [-0.4, -0.2) is 32.6 Å². The molecule has 0 aromatic rings. The van der Waals surface area contributed by atoms with Crippen molar-refractivity contribution < 1.29 is 10.2 Å². The van der Waals surface area contributed by atoms with Gasteiger partial charge in [-0.25, -0.2) is 0 Å². The molecule has 0 aromatic heterocycles. The van der Waals surface area contributed by atoms with Crippen molar-refractivity contribution in [3.8, 4) is 0 Å². The molecule has 0 radical (unpaired) electrons. The normalized spacial score (nSPS) is 34.2. The molecule has 0 aliphatic carbocycles. The summed E-state index contributed by atoms with van der Waals surface area (Å²) in [5, 5.41) is 17.4. The van der Waals surface area contributed by atoms with Crippen LogP contribution in [0.1, 0.15) is 0 Å². The van der Waals surface area contributed by atoms with Gasteiger partial charge in [0, 0.05) is 0 Å². The molecule has 0 saturated carbocycles.